The number of nitrogens with one attached hydrogen (secondary N) is 2. The highest BCUT2D eigenvalue weighted by molar-refractivity contribution is 6.11. The highest BCUT2D eigenvalue weighted by atomic mass is 15.0. The number of hydrogen-bond donors (Lipinski definition) is 2. The van der Waals surface area contributed by atoms with Gasteiger partial charge in [0, 0.05) is 28.0 Å². The number of rotatable bonds is 6. The van der Waals surface area contributed by atoms with Crippen LogP contribution in [0.3, 0.4) is 0 Å². The van der Waals surface area contributed by atoms with E-state index in [0.29, 0.717) is 23.2 Å². The lowest BCUT2D eigenvalue weighted by Crippen LogP contribution is -2.23. The minimum absolute atomic E-state index is 0.477. The van der Waals surface area contributed by atoms with Gasteiger partial charge in [0.05, 0.1) is 11.4 Å². The Balaban J connectivity index is 1.23. The summed E-state index contributed by atoms with van der Waals surface area (Å²) in [5.74, 6) is 1.85. The Morgan fingerprint density at radius 2 is 1.14 bits per heavy atom. The molecule has 0 atom stereocenters. The maximum Gasteiger partial charge on any atom is 0.164 e. The number of allylic oxidation sites excluding steroid dienone is 5. The maximum absolute atomic E-state index is 9.21. The van der Waals surface area contributed by atoms with E-state index >= 15 is 0 Å². The van der Waals surface area contributed by atoms with Gasteiger partial charge < -0.3 is 5.32 Å². The molecule has 0 spiro atoms. The van der Waals surface area contributed by atoms with E-state index in [9.17, 15) is 5.41 Å². The van der Waals surface area contributed by atoms with Crippen LogP contribution in [0.5, 0.6) is 0 Å². The fourth-order valence-electron chi connectivity index (χ4n) is 5.62. The fourth-order valence-corrected chi connectivity index (χ4v) is 5.62. The summed E-state index contributed by atoms with van der Waals surface area (Å²) < 4.78 is 0. The third-order valence-corrected chi connectivity index (χ3v) is 8.02. The number of benzene rings is 4. The number of aromatic nitrogens is 3. The number of nitrogens with zero attached hydrogens (tertiary/aromatic N) is 3. The Kier molecular flexibility index (Phi) is 7.35. The van der Waals surface area contributed by atoms with Crippen molar-refractivity contribution in [2.24, 2.45) is 0 Å². The maximum atomic E-state index is 9.21. The predicted octanol–water partition coefficient (Wildman–Crippen LogP) is 8.81. The van der Waals surface area contributed by atoms with Crippen LogP contribution in [-0.2, 0) is 0 Å². The van der Waals surface area contributed by atoms with E-state index in [1.165, 1.54) is 11.1 Å². The lowest BCUT2D eigenvalue weighted by atomic mass is 9.87. The molecule has 0 saturated carbocycles. The minimum atomic E-state index is 0.477. The van der Waals surface area contributed by atoms with Gasteiger partial charge in [-0.2, -0.15) is 0 Å². The van der Waals surface area contributed by atoms with Crippen LogP contribution in [-0.4, -0.2) is 20.7 Å². The van der Waals surface area contributed by atoms with Gasteiger partial charge in [0.1, 0.15) is 0 Å². The van der Waals surface area contributed by atoms with Crippen molar-refractivity contribution in [2.75, 3.05) is 0 Å². The first-order chi connectivity index (χ1) is 21.6. The molecule has 0 radical (unpaired) electrons. The van der Waals surface area contributed by atoms with Crippen LogP contribution >= 0.6 is 0 Å². The van der Waals surface area contributed by atoms with Crippen LogP contribution in [0.1, 0.15) is 30.9 Å². The second-order valence-electron chi connectivity index (χ2n) is 10.9. The first-order valence-corrected chi connectivity index (χ1v) is 14.9. The zero-order chi connectivity index (χ0) is 29.9. The lowest BCUT2D eigenvalue weighted by molar-refractivity contribution is 0.931. The summed E-state index contributed by atoms with van der Waals surface area (Å²) in [6.45, 7) is 2.03. The monoisotopic (exact) mass is 569 g/mol. The molecule has 4 aromatic carbocycles. The van der Waals surface area contributed by atoms with Crippen molar-refractivity contribution < 1.29 is 0 Å². The molecular weight excluding hydrogens is 538 g/mol. The Bertz CT molecular complexity index is 1910. The molecular formula is C39H31N5. The molecule has 212 valence electrons. The molecule has 5 aromatic rings. The molecule has 7 rings (SSSR count). The van der Waals surface area contributed by atoms with E-state index in [1.807, 2.05) is 97.9 Å². The van der Waals surface area contributed by atoms with Gasteiger partial charge in [0.25, 0.3) is 0 Å². The lowest BCUT2D eigenvalue weighted by Gasteiger charge is -2.27. The van der Waals surface area contributed by atoms with Gasteiger partial charge in [-0.25, -0.2) is 15.0 Å². The minimum Gasteiger partial charge on any atom is -0.354 e. The smallest absolute Gasteiger partial charge is 0.164 e. The van der Waals surface area contributed by atoms with Crippen LogP contribution in [0, 0.1) is 5.41 Å². The molecule has 1 aliphatic heterocycles. The third kappa shape index (κ3) is 5.43. The first kappa shape index (κ1) is 27.2. The van der Waals surface area contributed by atoms with Crippen LogP contribution in [0.2, 0.25) is 0 Å². The largest absolute Gasteiger partial charge is 0.354 e. The van der Waals surface area contributed by atoms with Crippen molar-refractivity contribution in [1.82, 2.24) is 20.3 Å². The molecule has 5 heteroatoms. The van der Waals surface area contributed by atoms with Crippen LogP contribution in [0.4, 0.5) is 0 Å². The van der Waals surface area contributed by atoms with Gasteiger partial charge in [0.2, 0.25) is 0 Å². The Hall–Kier alpha value is -5.68. The SMILES string of the molecule is C/C(C(=N)c1ccc(-c2nc(-c3ccccc3)nc(-c3ccccc3)n2)cc1)=C1/NC(c2ccccc2)=CC2=C1C=CCC2. The average Bonchev–Trinajstić information content (AvgIpc) is 3.11. The van der Waals surface area contributed by atoms with Gasteiger partial charge in [-0.05, 0) is 48.1 Å². The summed E-state index contributed by atoms with van der Waals surface area (Å²) in [5.41, 5.74) is 10.6. The summed E-state index contributed by atoms with van der Waals surface area (Å²) >= 11 is 0. The van der Waals surface area contributed by atoms with Gasteiger partial charge in [0.15, 0.2) is 17.5 Å². The standard InChI is InChI=1S/C39H31N5/c1-26(36-33-20-12-11-19-32(33)25-34(41-36)27-13-5-2-6-14-27)35(40)28-21-23-31(24-22-28)39-43-37(29-15-7-3-8-16-29)42-38(44-39)30-17-9-4-10-18-30/h2-10,12-18,20-25,40-41H,11,19H2,1H3/b36-26-,40-35?. The van der Waals surface area contributed by atoms with E-state index in [-0.39, 0.29) is 0 Å². The van der Waals surface area contributed by atoms with Crippen molar-refractivity contribution in [3.63, 3.8) is 0 Å². The molecule has 5 nitrogen and oxygen atoms in total. The van der Waals surface area contributed by atoms with Crippen molar-refractivity contribution in [2.45, 2.75) is 19.8 Å². The fraction of sp³-hybridized carbons (Fsp3) is 0.0769. The predicted molar refractivity (Wildman–Crippen MR) is 179 cm³/mol. The summed E-state index contributed by atoms with van der Waals surface area (Å²) in [6.07, 6.45) is 8.68. The second-order valence-corrected chi connectivity index (χ2v) is 10.9. The molecule has 0 amide bonds. The summed E-state index contributed by atoms with van der Waals surface area (Å²) in [7, 11) is 0. The van der Waals surface area contributed by atoms with Gasteiger partial charge >= 0.3 is 0 Å². The van der Waals surface area contributed by atoms with E-state index in [4.69, 9.17) is 15.0 Å². The normalized spacial score (nSPS) is 15.2. The topological polar surface area (TPSA) is 74.5 Å². The molecule has 2 aliphatic rings. The number of dihydropyridines is 1. The van der Waals surface area contributed by atoms with Crippen LogP contribution < -0.4 is 5.32 Å². The van der Waals surface area contributed by atoms with Gasteiger partial charge in [-0.1, -0.05) is 127 Å². The molecule has 2 N–H and O–H groups in total. The molecule has 1 aliphatic carbocycles. The molecule has 0 bridgehead atoms. The van der Waals surface area contributed by atoms with Crippen molar-refractivity contribution in [1.29, 1.82) is 5.41 Å². The summed E-state index contributed by atoms with van der Waals surface area (Å²) in [6, 6.07) is 38.3. The third-order valence-electron chi connectivity index (χ3n) is 8.02. The summed E-state index contributed by atoms with van der Waals surface area (Å²) in [5, 5.41) is 12.9. The van der Waals surface area contributed by atoms with E-state index in [2.05, 4.69) is 47.8 Å². The Morgan fingerprint density at radius 3 is 1.68 bits per heavy atom. The summed E-state index contributed by atoms with van der Waals surface area (Å²) in [4.78, 5) is 14.5. The highest BCUT2D eigenvalue weighted by Gasteiger charge is 2.22. The van der Waals surface area contributed by atoms with Crippen LogP contribution in [0.15, 0.2) is 156 Å². The van der Waals surface area contributed by atoms with E-state index in [1.54, 1.807) is 0 Å². The molecule has 1 aromatic heterocycles. The van der Waals surface area contributed by atoms with Crippen LogP contribution in [0.25, 0.3) is 39.9 Å². The molecule has 0 unspecified atom stereocenters. The molecule has 2 heterocycles. The molecule has 0 saturated heterocycles. The van der Waals surface area contributed by atoms with Gasteiger partial charge in [-0.15, -0.1) is 0 Å². The Morgan fingerprint density at radius 1 is 0.636 bits per heavy atom. The highest BCUT2D eigenvalue weighted by Crippen LogP contribution is 2.34. The van der Waals surface area contributed by atoms with Crippen molar-refractivity contribution in [3.8, 4) is 34.2 Å². The van der Waals surface area contributed by atoms with Crippen molar-refractivity contribution >= 4 is 11.4 Å². The second kappa shape index (κ2) is 11.9. The van der Waals surface area contributed by atoms with E-state index < -0.39 is 0 Å². The quantitative estimate of drug-likeness (QED) is 0.200. The van der Waals surface area contributed by atoms with Crippen molar-refractivity contribution in [3.05, 3.63) is 167 Å². The molecule has 0 fully saturated rings. The number of hydrogen-bond acceptors (Lipinski definition) is 5. The Labute approximate surface area is 257 Å². The zero-order valence-electron chi connectivity index (χ0n) is 24.5. The first-order valence-electron chi connectivity index (χ1n) is 14.9. The van der Waals surface area contributed by atoms with E-state index in [0.717, 1.165) is 57.6 Å². The molecule has 44 heavy (non-hydrogen) atoms. The van der Waals surface area contributed by atoms with Gasteiger partial charge in [-0.3, -0.25) is 5.41 Å². The zero-order valence-corrected chi connectivity index (χ0v) is 24.5. The average molecular weight is 570 g/mol.